The Morgan fingerprint density at radius 1 is 1.25 bits per heavy atom. The molecule has 2 aromatic rings. The summed E-state index contributed by atoms with van der Waals surface area (Å²) in [6.07, 6.45) is 7.74. The van der Waals surface area contributed by atoms with Crippen LogP contribution in [0.2, 0.25) is 0 Å². The normalized spacial score (nSPS) is 15.8. The molecule has 1 aromatic heterocycles. The minimum absolute atomic E-state index is 0.273. The minimum Gasteiger partial charge on any atom is -0.338 e. The lowest BCUT2D eigenvalue weighted by molar-refractivity contribution is 0.191. The van der Waals surface area contributed by atoms with Gasteiger partial charge in [0.2, 0.25) is 5.82 Å². The van der Waals surface area contributed by atoms with E-state index in [9.17, 15) is 4.39 Å². The average Bonchev–Trinajstić information content (AvgIpc) is 3.08. The van der Waals surface area contributed by atoms with Gasteiger partial charge >= 0.3 is 6.01 Å². The maximum atomic E-state index is 13.7. The molecule has 0 spiro atoms. The van der Waals surface area contributed by atoms with Crippen LogP contribution in [0.3, 0.4) is 0 Å². The van der Waals surface area contributed by atoms with Crippen LogP contribution >= 0.6 is 0 Å². The molecule has 3 rings (SSSR count). The van der Waals surface area contributed by atoms with Gasteiger partial charge in [-0.3, -0.25) is 0 Å². The predicted octanol–water partition coefficient (Wildman–Crippen LogP) is 3.94. The van der Waals surface area contributed by atoms with Crippen LogP contribution in [0.1, 0.15) is 38.5 Å². The molecule has 0 atom stereocenters. The van der Waals surface area contributed by atoms with Gasteiger partial charge in [0.25, 0.3) is 0 Å². The maximum absolute atomic E-state index is 13.7. The third-order valence-corrected chi connectivity index (χ3v) is 4.70. The van der Waals surface area contributed by atoms with E-state index in [1.807, 2.05) is 0 Å². The summed E-state index contributed by atoms with van der Waals surface area (Å²) < 4.78 is 18.9. The molecule has 1 saturated carbocycles. The van der Waals surface area contributed by atoms with E-state index in [1.54, 1.807) is 18.2 Å². The van der Waals surface area contributed by atoms with Crippen LogP contribution in [-0.2, 0) is 0 Å². The molecule has 0 saturated heterocycles. The van der Waals surface area contributed by atoms with Gasteiger partial charge in [-0.1, -0.05) is 36.6 Å². The molecule has 0 aliphatic heterocycles. The summed E-state index contributed by atoms with van der Waals surface area (Å²) in [5.74, 6) is -0.0751. The van der Waals surface area contributed by atoms with Crippen molar-refractivity contribution in [2.24, 2.45) is 0 Å². The van der Waals surface area contributed by atoms with Gasteiger partial charge in [0.15, 0.2) is 0 Å². The first kappa shape index (κ1) is 16.9. The highest BCUT2D eigenvalue weighted by Gasteiger charge is 2.17. The summed E-state index contributed by atoms with van der Waals surface area (Å²) in [6, 6.07) is 7.50. The lowest BCUT2D eigenvalue weighted by Crippen LogP contribution is -2.34. The van der Waals surface area contributed by atoms with Crippen LogP contribution in [-0.4, -0.2) is 41.2 Å². The van der Waals surface area contributed by atoms with E-state index in [0.29, 0.717) is 11.6 Å². The lowest BCUT2D eigenvalue weighted by Gasteiger charge is -2.31. The quantitative estimate of drug-likeness (QED) is 0.778. The van der Waals surface area contributed by atoms with Crippen LogP contribution in [0.5, 0.6) is 0 Å². The Morgan fingerprint density at radius 2 is 2.04 bits per heavy atom. The first-order valence-electron chi connectivity index (χ1n) is 8.77. The Kier molecular flexibility index (Phi) is 5.80. The topological polar surface area (TPSA) is 54.2 Å². The van der Waals surface area contributed by atoms with Crippen molar-refractivity contribution in [3.05, 3.63) is 30.1 Å². The summed E-state index contributed by atoms with van der Waals surface area (Å²) in [6.45, 7) is 1.81. The minimum atomic E-state index is -0.348. The van der Waals surface area contributed by atoms with Crippen molar-refractivity contribution in [2.45, 2.75) is 44.6 Å². The molecule has 0 unspecified atom stereocenters. The van der Waals surface area contributed by atoms with E-state index >= 15 is 0 Å². The van der Waals surface area contributed by atoms with Gasteiger partial charge in [0.1, 0.15) is 5.82 Å². The largest absolute Gasteiger partial charge is 0.338 e. The molecule has 0 amide bonds. The van der Waals surface area contributed by atoms with Crippen molar-refractivity contribution in [2.75, 3.05) is 25.5 Å². The summed E-state index contributed by atoms with van der Waals surface area (Å²) in [4.78, 5) is 6.66. The van der Waals surface area contributed by atoms with E-state index in [1.165, 1.54) is 38.2 Å². The van der Waals surface area contributed by atoms with Crippen molar-refractivity contribution >= 4 is 6.01 Å². The van der Waals surface area contributed by atoms with Crippen LogP contribution in [0.15, 0.2) is 28.8 Å². The molecule has 1 N–H and O–H groups in total. The van der Waals surface area contributed by atoms with Crippen LogP contribution in [0, 0.1) is 5.82 Å². The first-order valence-corrected chi connectivity index (χ1v) is 8.77. The van der Waals surface area contributed by atoms with E-state index < -0.39 is 0 Å². The highest BCUT2D eigenvalue weighted by Crippen LogP contribution is 2.22. The van der Waals surface area contributed by atoms with Crippen LogP contribution in [0.25, 0.3) is 11.4 Å². The molecule has 6 heteroatoms. The third-order valence-electron chi connectivity index (χ3n) is 4.70. The Morgan fingerprint density at radius 3 is 2.83 bits per heavy atom. The molecule has 24 heavy (non-hydrogen) atoms. The fourth-order valence-electron chi connectivity index (χ4n) is 3.28. The summed E-state index contributed by atoms with van der Waals surface area (Å²) in [7, 11) is 2.21. The van der Waals surface area contributed by atoms with Crippen molar-refractivity contribution in [3.8, 4) is 11.4 Å². The Bertz CT molecular complexity index is 639. The lowest BCUT2D eigenvalue weighted by atomic mass is 9.94. The number of hydrogen-bond donors (Lipinski definition) is 1. The maximum Gasteiger partial charge on any atom is 0.321 e. The first-order chi connectivity index (χ1) is 11.7. The fourth-order valence-corrected chi connectivity index (χ4v) is 3.28. The molecule has 1 heterocycles. The summed E-state index contributed by atoms with van der Waals surface area (Å²) in [5, 5.41) is 6.96. The summed E-state index contributed by atoms with van der Waals surface area (Å²) >= 11 is 0. The molecule has 1 aliphatic rings. The average molecular weight is 332 g/mol. The summed E-state index contributed by atoms with van der Waals surface area (Å²) in [5.41, 5.74) is 0.353. The van der Waals surface area contributed by atoms with Gasteiger partial charge in [0, 0.05) is 12.6 Å². The zero-order chi connectivity index (χ0) is 16.8. The Hall–Kier alpha value is -1.95. The Balaban J connectivity index is 1.43. The van der Waals surface area contributed by atoms with E-state index in [0.717, 1.165) is 25.6 Å². The van der Waals surface area contributed by atoms with Gasteiger partial charge < -0.3 is 14.7 Å². The monoisotopic (exact) mass is 332 g/mol. The van der Waals surface area contributed by atoms with E-state index in [2.05, 4.69) is 27.4 Å². The third kappa shape index (κ3) is 4.32. The van der Waals surface area contributed by atoms with Crippen molar-refractivity contribution < 1.29 is 8.91 Å². The number of anilines is 1. The Labute approximate surface area is 142 Å². The second-order valence-electron chi connectivity index (χ2n) is 6.46. The van der Waals surface area contributed by atoms with Crippen molar-refractivity contribution in [1.29, 1.82) is 0 Å². The zero-order valence-electron chi connectivity index (χ0n) is 14.2. The number of nitrogens with zero attached hydrogens (tertiary/aromatic N) is 3. The van der Waals surface area contributed by atoms with Gasteiger partial charge in [-0.15, -0.1) is 0 Å². The molecule has 1 fully saturated rings. The SMILES string of the molecule is CN(CCCNc1nc(-c2ccccc2F)no1)C1CCCCC1. The molecule has 5 nitrogen and oxygen atoms in total. The predicted molar refractivity (Wildman–Crippen MR) is 92.3 cm³/mol. The van der Waals surface area contributed by atoms with Crippen LogP contribution in [0.4, 0.5) is 10.4 Å². The van der Waals surface area contributed by atoms with Gasteiger partial charge in [-0.25, -0.2) is 4.39 Å². The molecule has 130 valence electrons. The molecular formula is C18H25FN4O. The molecule has 1 aromatic carbocycles. The van der Waals surface area contributed by atoms with Gasteiger partial charge in [0.05, 0.1) is 5.56 Å². The van der Waals surface area contributed by atoms with Crippen molar-refractivity contribution in [1.82, 2.24) is 15.0 Å². The standard InChI is InChI=1S/C18H25FN4O/c1-23(14-8-3-2-4-9-14)13-7-12-20-18-21-17(22-24-18)15-10-5-6-11-16(15)19/h5-6,10-11,14H,2-4,7-9,12-13H2,1H3,(H,20,21,22). The number of benzene rings is 1. The van der Waals surface area contributed by atoms with E-state index in [4.69, 9.17) is 4.52 Å². The zero-order valence-corrected chi connectivity index (χ0v) is 14.2. The highest BCUT2D eigenvalue weighted by atomic mass is 19.1. The molecule has 0 bridgehead atoms. The smallest absolute Gasteiger partial charge is 0.321 e. The fraction of sp³-hybridized carbons (Fsp3) is 0.556. The van der Waals surface area contributed by atoms with Gasteiger partial charge in [-0.2, -0.15) is 4.98 Å². The van der Waals surface area contributed by atoms with Gasteiger partial charge in [-0.05, 0) is 45.0 Å². The molecular weight excluding hydrogens is 307 g/mol. The van der Waals surface area contributed by atoms with Crippen molar-refractivity contribution in [3.63, 3.8) is 0 Å². The highest BCUT2D eigenvalue weighted by molar-refractivity contribution is 5.56. The molecule has 1 aliphatic carbocycles. The number of rotatable bonds is 7. The number of hydrogen-bond acceptors (Lipinski definition) is 5. The van der Waals surface area contributed by atoms with E-state index in [-0.39, 0.29) is 11.6 Å². The molecule has 0 radical (unpaired) electrons. The number of aromatic nitrogens is 2. The number of nitrogens with one attached hydrogen (secondary N) is 1. The second-order valence-corrected chi connectivity index (χ2v) is 6.46. The second kappa shape index (κ2) is 8.24. The van der Waals surface area contributed by atoms with Crippen LogP contribution < -0.4 is 5.32 Å². The number of halogens is 1.